The second kappa shape index (κ2) is 6.06. The third-order valence-electron chi connectivity index (χ3n) is 7.20. The molecule has 0 radical (unpaired) electrons. The fourth-order valence-corrected chi connectivity index (χ4v) is 6.39. The third-order valence-corrected chi connectivity index (χ3v) is 7.20. The normalized spacial score (nSPS) is 33.3. The van der Waals surface area contributed by atoms with E-state index in [0.29, 0.717) is 11.4 Å². The molecule has 5 rings (SSSR count). The van der Waals surface area contributed by atoms with Crippen LogP contribution in [0.15, 0.2) is 0 Å². The monoisotopic (exact) mass is 360 g/mol. The lowest BCUT2D eigenvalue weighted by Gasteiger charge is -2.59. The van der Waals surface area contributed by atoms with E-state index in [1.54, 1.807) is 13.8 Å². The largest absolute Gasteiger partial charge is 0.351 e. The van der Waals surface area contributed by atoms with Crippen LogP contribution in [-0.2, 0) is 11.3 Å². The van der Waals surface area contributed by atoms with Crippen LogP contribution in [0, 0.1) is 47.1 Å². The molecule has 26 heavy (non-hydrogen) atoms. The van der Waals surface area contributed by atoms with Crippen molar-refractivity contribution in [3.8, 4) is 0 Å². The van der Waals surface area contributed by atoms with Crippen LogP contribution in [0.1, 0.15) is 56.8 Å². The van der Waals surface area contributed by atoms with Gasteiger partial charge in [-0.25, -0.2) is 0 Å². The van der Waals surface area contributed by atoms with Gasteiger partial charge in [0.1, 0.15) is 17.9 Å². The molecule has 7 nitrogen and oxygen atoms in total. The van der Waals surface area contributed by atoms with Crippen molar-refractivity contribution < 1.29 is 9.72 Å². The lowest BCUT2D eigenvalue weighted by atomic mass is 9.48. The summed E-state index contributed by atoms with van der Waals surface area (Å²) in [5.41, 5.74) is 1.05. The summed E-state index contributed by atoms with van der Waals surface area (Å²) in [5, 5.41) is 18.5. The smallest absolute Gasteiger partial charge is 0.312 e. The van der Waals surface area contributed by atoms with Crippen LogP contribution in [0.25, 0.3) is 0 Å². The Morgan fingerprint density at radius 2 is 1.81 bits per heavy atom. The maximum atomic E-state index is 12.6. The van der Waals surface area contributed by atoms with Crippen molar-refractivity contribution in [3.05, 3.63) is 21.5 Å². The predicted octanol–water partition coefficient (Wildman–Crippen LogP) is 3.13. The molecule has 4 fully saturated rings. The predicted molar refractivity (Wildman–Crippen MR) is 96.6 cm³/mol. The lowest BCUT2D eigenvalue weighted by Crippen LogP contribution is -2.56. The first kappa shape index (κ1) is 17.5. The second-order valence-corrected chi connectivity index (χ2v) is 9.00. The van der Waals surface area contributed by atoms with Crippen molar-refractivity contribution in [3.63, 3.8) is 0 Å². The Bertz CT molecular complexity index is 719. The molecule has 0 unspecified atom stereocenters. The summed E-state index contributed by atoms with van der Waals surface area (Å²) in [6, 6.07) is 0.148. The highest BCUT2D eigenvalue weighted by atomic mass is 16.6. The Balaban J connectivity index is 1.44. The molecule has 1 aromatic rings. The Labute approximate surface area is 153 Å². The standard InChI is InChI=1S/C19H28N4O3/c1-11-18(23(25)26)12(2)22(21-11)10-17(24)20-13(3)19-7-14-4-15(8-19)6-16(5-14)9-19/h13-16H,4-10H2,1-3H3,(H,20,24)/t13-,14?,15?,16?,19?/m0/s1. The topological polar surface area (TPSA) is 90.1 Å². The number of nitrogens with zero attached hydrogens (tertiary/aromatic N) is 3. The van der Waals surface area contributed by atoms with Crippen molar-refractivity contribution in [2.24, 2.45) is 23.2 Å². The minimum atomic E-state index is -0.426. The van der Waals surface area contributed by atoms with Gasteiger partial charge in [0.05, 0.1) is 4.92 Å². The zero-order valence-electron chi connectivity index (χ0n) is 15.8. The van der Waals surface area contributed by atoms with Gasteiger partial charge >= 0.3 is 5.69 Å². The molecule has 4 saturated carbocycles. The minimum absolute atomic E-state index is 0.00642. The van der Waals surface area contributed by atoms with E-state index in [2.05, 4.69) is 17.3 Å². The Morgan fingerprint density at radius 1 is 1.27 bits per heavy atom. The van der Waals surface area contributed by atoms with Crippen LogP contribution >= 0.6 is 0 Å². The van der Waals surface area contributed by atoms with Crippen molar-refractivity contribution in [1.82, 2.24) is 15.1 Å². The number of carbonyl (C=O) groups is 1. The second-order valence-electron chi connectivity index (χ2n) is 9.00. The van der Waals surface area contributed by atoms with Crippen LogP contribution in [0.4, 0.5) is 5.69 Å². The van der Waals surface area contributed by atoms with Crippen molar-refractivity contribution in [2.75, 3.05) is 0 Å². The number of hydrogen-bond donors (Lipinski definition) is 1. The number of nitro groups is 1. The number of amides is 1. The first-order chi connectivity index (χ1) is 12.3. The van der Waals surface area contributed by atoms with Gasteiger partial charge in [0.15, 0.2) is 0 Å². The van der Waals surface area contributed by atoms with Gasteiger partial charge in [-0.05, 0) is 82.5 Å². The number of rotatable bonds is 5. The molecule has 1 aromatic heterocycles. The number of hydrogen-bond acceptors (Lipinski definition) is 4. The molecule has 4 bridgehead atoms. The molecular formula is C19H28N4O3. The fraction of sp³-hybridized carbons (Fsp3) is 0.789. The molecule has 0 aliphatic heterocycles. The average Bonchev–Trinajstić information content (AvgIpc) is 2.79. The molecule has 4 aliphatic rings. The van der Waals surface area contributed by atoms with Gasteiger partial charge in [0, 0.05) is 6.04 Å². The van der Waals surface area contributed by atoms with Crippen LogP contribution < -0.4 is 5.32 Å². The van der Waals surface area contributed by atoms with E-state index in [4.69, 9.17) is 0 Å². The summed E-state index contributed by atoms with van der Waals surface area (Å²) in [5.74, 6) is 2.44. The van der Waals surface area contributed by atoms with Crippen LogP contribution in [0.3, 0.4) is 0 Å². The highest BCUT2D eigenvalue weighted by molar-refractivity contribution is 5.76. The molecule has 1 amide bonds. The number of aryl methyl sites for hydroxylation is 1. The molecule has 1 N–H and O–H groups in total. The zero-order valence-corrected chi connectivity index (χ0v) is 15.8. The molecule has 7 heteroatoms. The maximum absolute atomic E-state index is 12.6. The van der Waals surface area contributed by atoms with E-state index in [1.165, 1.54) is 43.2 Å². The van der Waals surface area contributed by atoms with Crippen LogP contribution in [-0.4, -0.2) is 26.7 Å². The van der Waals surface area contributed by atoms with E-state index in [0.717, 1.165) is 17.8 Å². The first-order valence-electron chi connectivity index (χ1n) is 9.75. The molecule has 0 aromatic carbocycles. The number of aromatic nitrogens is 2. The maximum Gasteiger partial charge on any atom is 0.312 e. The number of carbonyl (C=O) groups excluding carboxylic acids is 1. The van der Waals surface area contributed by atoms with E-state index in [1.807, 2.05) is 0 Å². The van der Waals surface area contributed by atoms with Gasteiger partial charge in [-0.15, -0.1) is 0 Å². The van der Waals surface area contributed by atoms with Crippen molar-refractivity contribution in [2.45, 2.75) is 71.9 Å². The summed E-state index contributed by atoms with van der Waals surface area (Å²) < 4.78 is 1.45. The van der Waals surface area contributed by atoms with Crippen LogP contribution in [0.2, 0.25) is 0 Å². The van der Waals surface area contributed by atoms with E-state index < -0.39 is 4.92 Å². The van der Waals surface area contributed by atoms with Gasteiger partial charge in [-0.3, -0.25) is 19.6 Å². The van der Waals surface area contributed by atoms with E-state index in [9.17, 15) is 14.9 Å². The molecule has 0 spiro atoms. The average molecular weight is 360 g/mol. The number of nitrogens with one attached hydrogen (secondary N) is 1. The molecule has 1 heterocycles. The Hall–Kier alpha value is -1.92. The van der Waals surface area contributed by atoms with Crippen molar-refractivity contribution in [1.29, 1.82) is 0 Å². The summed E-state index contributed by atoms with van der Waals surface area (Å²) in [6.07, 6.45) is 7.88. The zero-order chi connectivity index (χ0) is 18.6. The highest BCUT2D eigenvalue weighted by Gasteiger charge is 2.53. The van der Waals surface area contributed by atoms with Gasteiger partial charge in [0.2, 0.25) is 5.91 Å². The first-order valence-corrected chi connectivity index (χ1v) is 9.75. The molecule has 0 saturated heterocycles. The fourth-order valence-electron chi connectivity index (χ4n) is 6.39. The summed E-state index contributed by atoms with van der Waals surface area (Å²) in [4.78, 5) is 23.3. The quantitative estimate of drug-likeness (QED) is 0.645. The highest BCUT2D eigenvalue weighted by Crippen LogP contribution is 2.61. The van der Waals surface area contributed by atoms with Gasteiger partial charge in [0.25, 0.3) is 0 Å². The molecule has 142 valence electrons. The summed E-state index contributed by atoms with van der Waals surface area (Å²) in [6.45, 7) is 5.44. The van der Waals surface area contributed by atoms with E-state index >= 15 is 0 Å². The SMILES string of the molecule is Cc1nn(CC(=O)N[C@@H](C)C23CC4CC(CC(C4)C2)C3)c(C)c1[N+](=O)[O-]. The van der Waals surface area contributed by atoms with Crippen molar-refractivity contribution >= 4 is 11.6 Å². The minimum Gasteiger partial charge on any atom is -0.351 e. The summed E-state index contributed by atoms with van der Waals surface area (Å²) in [7, 11) is 0. The Kier molecular flexibility index (Phi) is 4.08. The van der Waals surface area contributed by atoms with Crippen LogP contribution in [0.5, 0.6) is 0 Å². The van der Waals surface area contributed by atoms with Gasteiger partial charge < -0.3 is 5.32 Å². The summed E-state index contributed by atoms with van der Waals surface area (Å²) >= 11 is 0. The lowest BCUT2D eigenvalue weighted by molar-refractivity contribution is -0.386. The third kappa shape index (κ3) is 2.81. The Morgan fingerprint density at radius 3 is 2.27 bits per heavy atom. The molecule has 4 aliphatic carbocycles. The van der Waals surface area contributed by atoms with E-state index in [-0.39, 0.29) is 29.6 Å². The molecular weight excluding hydrogens is 332 g/mol. The molecule has 1 atom stereocenters. The van der Waals surface area contributed by atoms with Gasteiger partial charge in [-0.2, -0.15) is 5.10 Å². The van der Waals surface area contributed by atoms with Gasteiger partial charge in [-0.1, -0.05) is 0 Å².